The molecule has 0 aliphatic rings. The van der Waals surface area contributed by atoms with Crippen LogP contribution in [0.15, 0.2) is 41.3 Å². The number of pyridine rings is 1. The van der Waals surface area contributed by atoms with Crippen molar-refractivity contribution in [3.8, 4) is 5.75 Å². The Morgan fingerprint density at radius 3 is 2.80 bits per heavy atom. The number of methoxy groups -OCH3 is 1. The molecule has 1 N–H and O–H groups in total. The average molecular weight is 348 g/mol. The molecule has 0 saturated heterocycles. The topological polar surface area (TPSA) is 69.6 Å². The van der Waals surface area contributed by atoms with E-state index in [1.807, 2.05) is 0 Å². The van der Waals surface area contributed by atoms with Crippen LogP contribution in [0.5, 0.6) is 5.75 Å². The van der Waals surface area contributed by atoms with E-state index in [1.165, 1.54) is 18.3 Å². The SMILES string of the molecule is COCCNC(=O)Cn1cc(OCc2ccccc2F)c(=O)cc1C. The van der Waals surface area contributed by atoms with E-state index in [-0.39, 0.29) is 30.2 Å². The normalized spacial score (nSPS) is 10.5. The third kappa shape index (κ3) is 5.42. The Bertz CT molecular complexity index is 789. The number of carbonyl (C=O) groups excluding carboxylic acids is 1. The van der Waals surface area contributed by atoms with Crippen molar-refractivity contribution in [3.63, 3.8) is 0 Å². The summed E-state index contributed by atoms with van der Waals surface area (Å²) in [5, 5.41) is 2.71. The van der Waals surface area contributed by atoms with Crippen molar-refractivity contribution in [2.45, 2.75) is 20.1 Å². The van der Waals surface area contributed by atoms with Crippen LogP contribution in [-0.2, 0) is 22.7 Å². The van der Waals surface area contributed by atoms with Gasteiger partial charge in [0.05, 0.1) is 12.8 Å². The summed E-state index contributed by atoms with van der Waals surface area (Å²) in [5.41, 5.74) is 0.668. The first-order chi connectivity index (χ1) is 12.0. The van der Waals surface area contributed by atoms with Crippen LogP contribution in [0, 0.1) is 12.7 Å². The van der Waals surface area contributed by atoms with Gasteiger partial charge >= 0.3 is 0 Å². The monoisotopic (exact) mass is 348 g/mol. The molecule has 25 heavy (non-hydrogen) atoms. The zero-order valence-electron chi connectivity index (χ0n) is 14.3. The molecule has 6 nitrogen and oxygen atoms in total. The van der Waals surface area contributed by atoms with Crippen LogP contribution in [0.4, 0.5) is 4.39 Å². The molecule has 0 radical (unpaired) electrons. The molecule has 0 atom stereocenters. The summed E-state index contributed by atoms with van der Waals surface area (Å²) in [5.74, 6) is -0.533. The van der Waals surface area contributed by atoms with Gasteiger partial charge in [-0.05, 0) is 13.0 Å². The Morgan fingerprint density at radius 2 is 2.08 bits per heavy atom. The second kappa shape index (κ2) is 8.98. The zero-order valence-corrected chi connectivity index (χ0v) is 14.3. The number of hydrogen-bond acceptors (Lipinski definition) is 4. The first kappa shape index (κ1) is 18.7. The fourth-order valence-corrected chi connectivity index (χ4v) is 2.20. The molecule has 0 aliphatic carbocycles. The minimum Gasteiger partial charge on any atom is -0.483 e. The highest BCUT2D eigenvalue weighted by Crippen LogP contribution is 2.12. The molecule has 1 aromatic carbocycles. The second-order valence-corrected chi connectivity index (χ2v) is 5.49. The predicted octanol–water partition coefficient (Wildman–Crippen LogP) is 1.64. The van der Waals surface area contributed by atoms with E-state index < -0.39 is 5.82 Å². The number of rotatable bonds is 8. The minimum absolute atomic E-state index is 0.0475. The third-order valence-corrected chi connectivity index (χ3v) is 3.59. The van der Waals surface area contributed by atoms with Gasteiger partial charge in [-0.25, -0.2) is 4.39 Å². The standard InChI is InChI=1S/C18H21FN2O4/c1-13-9-16(22)17(25-12-14-5-3-4-6-15(14)19)10-21(13)11-18(23)20-7-8-24-2/h3-6,9-10H,7-8,11-12H2,1-2H3,(H,20,23). The maximum atomic E-state index is 13.6. The minimum atomic E-state index is -0.396. The number of aromatic nitrogens is 1. The molecule has 1 amide bonds. The molecule has 134 valence electrons. The Morgan fingerprint density at radius 1 is 1.32 bits per heavy atom. The molecule has 0 unspecified atom stereocenters. The summed E-state index contributed by atoms with van der Waals surface area (Å²) >= 11 is 0. The van der Waals surface area contributed by atoms with E-state index in [2.05, 4.69) is 5.32 Å². The first-order valence-electron chi connectivity index (χ1n) is 7.84. The van der Waals surface area contributed by atoms with Crippen molar-refractivity contribution >= 4 is 5.91 Å². The van der Waals surface area contributed by atoms with Gasteiger partial charge in [0.2, 0.25) is 11.3 Å². The Balaban J connectivity index is 2.08. The van der Waals surface area contributed by atoms with Gasteiger partial charge < -0.3 is 19.4 Å². The number of ether oxygens (including phenoxy) is 2. The number of carbonyl (C=O) groups is 1. The van der Waals surface area contributed by atoms with Gasteiger partial charge in [0, 0.05) is 31.0 Å². The summed E-state index contributed by atoms with van der Waals surface area (Å²) in [6.07, 6.45) is 1.47. The maximum absolute atomic E-state index is 13.6. The average Bonchev–Trinajstić information content (AvgIpc) is 2.58. The number of hydrogen-bond donors (Lipinski definition) is 1. The summed E-state index contributed by atoms with van der Waals surface area (Å²) in [6.45, 7) is 2.54. The van der Waals surface area contributed by atoms with E-state index >= 15 is 0 Å². The molecule has 0 spiro atoms. The highest BCUT2D eigenvalue weighted by molar-refractivity contribution is 5.75. The molecule has 7 heteroatoms. The number of amides is 1. The second-order valence-electron chi connectivity index (χ2n) is 5.49. The molecule has 0 fully saturated rings. The molecule has 1 aromatic heterocycles. The van der Waals surface area contributed by atoms with Gasteiger partial charge in [-0.15, -0.1) is 0 Å². The molecule has 0 bridgehead atoms. The lowest BCUT2D eigenvalue weighted by Gasteiger charge is -2.13. The first-order valence-corrected chi connectivity index (χ1v) is 7.84. The van der Waals surface area contributed by atoms with Crippen molar-refractivity contribution in [2.75, 3.05) is 20.3 Å². The highest BCUT2D eigenvalue weighted by Gasteiger charge is 2.10. The molecule has 0 saturated carbocycles. The van der Waals surface area contributed by atoms with Crippen molar-refractivity contribution in [1.29, 1.82) is 0 Å². The highest BCUT2D eigenvalue weighted by atomic mass is 19.1. The molecule has 0 aliphatic heterocycles. The van der Waals surface area contributed by atoms with Crippen LogP contribution in [0.2, 0.25) is 0 Å². The van der Waals surface area contributed by atoms with Crippen molar-refractivity contribution in [2.24, 2.45) is 0 Å². The molecule has 1 heterocycles. The van der Waals surface area contributed by atoms with Crippen LogP contribution in [0.25, 0.3) is 0 Å². The van der Waals surface area contributed by atoms with Crippen LogP contribution in [0.1, 0.15) is 11.3 Å². The zero-order chi connectivity index (χ0) is 18.2. The van der Waals surface area contributed by atoms with E-state index in [9.17, 15) is 14.0 Å². The Labute approximate surface area is 145 Å². The van der Waals surface area contributed by atoms with Gasteiger partial charge in [-0.2, -0.15) is 0 Å². The summed E-state index contributed by atoms with van der Waals surface area (Å²) < 4.78 is 25.6. The fraction of sp³-hybridized carbons (Fsp3) is 0.333. The van der Waals surface area contributed by atoms with Crippen LogP contribution in [0.3, 0.4) is 0 Å². The van der Waals surface area contributed by atoms with Gasteiger partial charge in [0.15, 0.2) is 5.75 Å². The molecule has 2 rings (SSSR count). The predicted molar refractivity (Wildman–Crippen MR) is 91.1 cm³/mol. The number of benzene rings is 1. The quantitative estimate of drug-likeness (QED) is 0.737. The van der Waals surface area contributed by atoms with Crippen molar-refractivity contribution in [1.82, 2.24) is 9.88 Å². The number of aryl methyl sites for hydroxylation is 1. The summed E-state index contributed by atoms with van der Waals surface area (Å²) in [4.78, 5) is 23.9. The number of nitrogens with zero attached hydrogens (tertiary/aromatic N) is 1. The largest absolute Gasteiger partial charge is 0.483 e. The molecular formula is C18H21FN2O4. The van der Waals surface area contributed by atoms with Crippen LogP contribution < -0.4 is 15.5 Å². The number of nitrogens with one attached hydrogen (secondary N) is 1. The lowest BCUT2D eigenvalue weighted by Crippen LogP contribution is -2.31. The van der Waals surface area contributed by atoms with Gasteiger partial charge in [0.25, 0.3) is 0 Å². The van der Waals surface area contributed by atoms with Crippen molar-refractivity contribution < 1.29 is 18.7 Å². The Hall–Kier alpha value is -2.67. The van der Waals surface area contributed by atoms with Gasteiger partial charge in [0.1, 0.15) is 19.0 Å². The number of halogens is 1. The van der Waals surface area contributed by atoms with E-state index in [0.717, 1.165) is 0 Å². The van der Waals surface area contributed by atoms with Crippen molar-refractivity contribution in [3.05, 3.63) is 63.8 Å². The molecular weight excluding hydrogens is 327 g/mol. The lowest BCUT2D eigenvalue weighted by atomic mass is 10.2. The lowest BCUT2D eigenvalue weighted by molar-refractivity contribution is -0.121. The smallest absolute Gasteiger partial charge is 0.240 e. The van der Waals surface area contributed by atoms with Crippen LogP contribution in [-0.4, -0.2) is 30.7 Å². The molecule has 2 aromatic rings. The summed E-state index contributed by atoms with van der Waals surface area (Å²) in [7, 11) is 1.55. The van der Waals surface area contributed by atoms with Gasteiger partial charge in [-0.1, -0.05) is 18.2 Å². The fourth-order valence-electron chi connectivity index (χ4n) is 2.20. The van der Waals surface area contributed by atoms with E-state index in [1.54, 1.807) is 36.8 Å². The Kier molecular flexibility index (Phi) is 6.71. The van der Waals surface area contributed by atoms with E-state index in [0.29, 0.717) is 24.4 Å². The maximum Gasteiger partial charge on any atom is 0.240 e. The third-order valence-electron chi connectivity index (χ3n) is 3.59. The summed E-state index contributed by atoms with van der Waals surface area (Å²) in [6, 6.07) is 7.58. The van der Waals surface area contributed by atoms with Crippen LogP contribution >= 0.6 is 0 Å². The van der Waals surface area contributed by atoms with Gasteiger partial charge in [-0.3, -0.25) is 9.59 Å². The van der Waals surface area contributed by atoms with E-state index in [4.69, 9.17) is 9.47 Å².